The molecule has 3 unspecified atom stereocenters. The van der Waals surface area contributed by atoms with Crippen LogP contribution >= 0.6 is 11.8 Å². The van der Waals surface area contributed by atoms with Gasteiger partial charge in [0.25, 0.3) is 0 Å². The molecule has 3 atom stereocenters. The second-order valence-corrected chi connectivity index (χ2v) is 4.58. The summed E-state index contributed by atoms with van der Waals surface area (Å²) in [7, 11) is 0. The molecule has 0 amide bonds. The van der Waals surface area contributed by atoms with Crippen molar-refractivity contribution in [3.8, 4) is 0 Å². The van der Waals surface area contributed by atoms with Gasteiger partial charge in [-0.1, -0.05) is 12.5 Å². The zero-order valence-electron chi connectivity index (χ0n) is 8.05. The van der Waals surface area contributed by atoms with Crippen LogP contribution in [0.25, 0.3) is 0 Å². The van der Waals surface area contributed by atoms with Crippen molar-refractivity contribution in [1.82, 2.24) is 5.32 Å². The second-order valence-electron chi connectivity index (χ2n) is 3.50. The highest BCUT2D eigenvalue weighted by Crippen LogP contribution is 2.28. The molecular weight excluding hydrogens is 166 g/mol. The molecule has 1 saturated carbocycles. The van der Waals surface area contributed by atoms with Crippen LogP contribution in [0.5, 0.6) is 0 Å². The van der Waals surface area contributed by atoms with Crippen LogP contribution in [0.4, 0.5) is 0 Å². The van der Waals surface area contributed by atoms with E-state index in [2.05, 4.69) is 25.1 Å². The number of hydrogen-bond donors (Lipinski definition) is 1. The van der Waals surface area contributed by atoms with Crippen molar-refractivity contribution in [3.05, 3.63) is 12.7 Å². The Hall–Kier alpha value is 0.0500. The summed E-state index contributed by atoms with van der Waals surface area (Å²) in [6, 6.07) is 1.18. The Labute approximate surface area is 80.0 Å². The van der Waals surface area contributed by atoms with Crippen molar-refractivity contribution in [1.29, 1.82) is 0 Å². The van der Waals surface area contributed by atoms with Crippen molar-refractivity contribution in [2.75, 3.05) is 6.26 Å². The summed E-state index contributed by atoms with van der Waals surface area (Å²) < 4.78 is 0. The standard InChI is InChI=1S/C10H19NS/c1-4-8(2)11-9-6-5-7-10(9)12-3/h4,8-11H,1,5-7H2,2-3H3. The lowest BCUT2D eigenvalue weighted by Crippen LogP contribution is -2.39. The highest BCUT2D eigenvalue weighted by atomic mass is 32.2. The summed E-state index contributed by atoms with van der Waals surface area (Å²) in [5.74, 6) is 0. The normalized spacial score (nSPS) is 31.8. The van der Waals surface area contributed by atoms with Crippen LogP contribution in [0.1, 0.15) is 26.2 Å². The third kappa shape index (κ3) is 2.53. The van der Waals surface area contributed by atoms with Gasteiger partial charge in [0.1, 0.15) is 0 Å². The van der Waals surface area contributed by atoms with E-state index in [-0.39, 0.29) is 0 Å². The Morgan fingerprint density at radius 3 is 2.92 bits per heavy atom. The van der Waals surface area contributed by atoms with Crippen LogP contribution in [0.2, 0.25) is 0 Å². The lowest BCUT2D eigenvalue weighted by atomic mass is 10.2. The molecule has 1 aliphatic carbocycles. The maximum Gasteiger partial charge on any atom is 0.0222 e. The Bertz CT molecular complexity index is 147. The van der Waals surface area contributed by atoms with Gasteiger partial charge in [-0.25, -0.2) is 0 Å². The third-order valence-electron chi connectivity index (χ3n) is 2.59. The first-order valence-corrected chi connectivity index (χ1v) is 5.98. The minimum Gasteiger partial charge on any atom is -0.307 e. The summed E-state index contributed by atoms with van der Waals surface area (Å²) in [6.07, 6.45) is 8.29. The molecule has 0 bridgehead atoms. The number of hydrogen-bond acceptors (Lipinski definition) is 2. The van der Waals surface area contributed by atoms with E-state index in [1.165, 1.54) is 19.3 Å². The Balaban J connectivity index is 2.34. The van der Waals surface area contributed by atoms with Crippen molar-refractivity contribution < 1.29 is 0 Å². The molecule has 0 aliphatic heterocycles. The molecule has 1 nitrogen and oxygen atoms in total. The van der Waals surface area contributed by atoms with Crippen LogP contribution in [0.15, 0.2) is 12.7 Å². The topological polar surface area (TPSA) is 12.0 Å². The van der Waals surface area contributed by atoms with E-state index in [0.29, 0.717) is 12.1 Å². The monoisotopic (exact) mass is 185 g/mol. The van der Waals surface area contributed by atoms with E-state index in [0.717, 1.165) is 5.25 Å². The van der Waals surface area contributed by atoms with Gasteiger partial charge < -0.3 is 5.32 Å². The van der Waals surface area contributed by atoms with Gasteiger partial charge in [0.2, 0.25) is 0 Å². The molecule has 12 heavy (non-hydrogen) atoms. The molecule has 70 valence electrons. The zero-order chi connectivity index (χ0) is 8.97. The van der Waals surface area contributed by atoms with Crippen molar-refractivity contribution in [2.24, 2.45) is 0 Å². The molecule has 1 aliphatic rings. The lowest BCUT2D eigenvalue weighted by Gasteiger charge is -2.21. The first-order valence-electron chi connectivity index (χ1n) is 4.69. The first-order chi connectivity index (χ1) is 5.77. The van der Waals surface area contributed by atoms with Gasteiger partial charge >= 0.3 is 0 Å². The molecule has 0 aromatic carbocycles. The van der Waals surface area contributed by atoms with Crippen molar-refractivity contribution in [2.45, 2.75) is 43.5 Å². The van der Waals surface area contributed by atoms with Crippen molar-refractivity contribution >= 4 is 11.8 Å². The molecule has 0 spiro atoms. The predicted octanol–water partition coefficient (Wildman–Crippen LogP) is 2.43. The Kier molecular flexibility index (Phi) is 4.16. The van der Waals surface area contributed by atoms with Gasteiger partial charge in [-0.15, -0.1) is 6.58 Å². The fourth-order valence-corrected chi connectivity index (χ4v) is 2.75. The maximum atomic E-state index is 3.78. The average molecular weight is 185 g/mol. The summed E-state index contributed by atoms with van der Waals surface area (Å²) in [6.45, 7) is 5.95. The van der Waals surface area contributed by atoms with Gasteiger partial charge in [0, 0.05) is 17.3 Å². The molecule has 1 fully saturated rings. The predicted molar refractivity (Wildman–Crippen MR) is 57.7 cm³/mol. The summed E-state index contributed by atoms with van der Waals surface area (Å²) in [5.41, 5.74) is 0. The molecule has 1 rings (SSSR count). The van der Waals surface area contributed by atoms with E-state index < -0.39 is 0 Å². The van der Waals surface area contributed by atoms with Gasteiger partial charge in [0.15, 0.2) is 0 Å². The lowest BCUT2D eigenvalue weighted by molar-refractivity contribution is 0.503. The molecule has 0 aromatic heterocycles. The maximum absolute atomic E-state index is 3.78. The molecular formula is C10H19NS. The number of rotatable bonds is 4. The average Bonchev–Trinajstić information content (AvgIpc) is 2.51. The number of nitrogens with one attached hydrogen (secondary N) is 1. The third-order valence-corrected chi connectivity index (χ3v) is 3.76. The molecule has 0 heterocycles. The highest BCUT2D eigenvalue weighted by molar-refractivity contribution is 7.99. The smallest absolute Gasteiger partial charge is 0.0222 e. The number of thioether (sulfide) groups is 1. The zero-order valence-corrected chi connectivity index (χ0v) is 8.86. The van der Waals surface area contributed by atoms with Crippen LogP contribution in [0, 0.1) is 0 Å². The van der Waals surface area contributed by atoms with Gasteiger partial charge in [-0.3, -0.25) is 0 Å². The van der Waals surface area contributed by atoms with E-state index in [1.54, 1.807) is 0 Å². The minimum absolute atomic E-state index is 0.461. The van der Waals surface area contributed by atoms with Gasteiger partial charge in [0.05, 0.1) is 0 Å². The Morgan fingerprint density at radius 1 is 1.58 bits per heavy atom. The highest BCUT2D eigenvalue weighted by Gasteiger charge is 2.26. The van der Waals surface area contributed by atoms with Crippen LogP contribution in [-0.4, -0.2) is 23.6 Å². The van der Waals surface area contributed by atoms with Gasteiger partial charge in [-0.05, 0) is 26.0 Å². The second kappa shape index (κ2) is 4.93. The van der Waals surface area contributed by atoms with Crippen LogP contribution < -0.4 is 5.32 Å². The van der Waals surface area contributed by atoms with Crippen LogP contribution in [-0.2, 0) is 0 Å². The summed E-state index contributed by atoms with van der Waals surface area (Å²) >= 11 is 2.00. The van der Waals surface area contributed by atoms with E-state index in [4.69, 9.17) is 0 Å². The fourth-order valence-electron chi connectivity index (χ4n) is 1.80. The SMILES string of the molecule is C=CC(C)NC1CCCC1SC. The minimum atomic E-state index is 0.461. The molecule has 0 saturated heterocycles. The molecule has 1 N–H and O–H groups in total. The Morgan fingerprint density at radius 2 is 2.33 bits per heavy atom. The summed E-state index contributed by atoms with van der Waals surface area (Å²) in [4.78, 5) is 0. The van der Waals surface area contributed by atoms with E-state index in [1.807, 2.05) is 17.8 Å². The first kappa shape index (κ1) is 10.1. The van der Waals surface area contributed by atoms with E-state index >= 15 is 0 Å². The largest absolute Gasteiger partial charge is 0.307 e. The van der Waals surface area contributed by atoms with Crippen LogP contribution in [0.3, 0.4) is 0 Å². The van der Waals surface area contributed by atoms with Gasteiger partial charge in [-0.2, -0.15) is 11.8 Å². The molecule has 0 aromatic rings. The summed E-state index contributed by atoms with van der Waals surface area (Å²) in [5, 5.41) is 4.42. The molecule has 0 radical (unpaired) electrons. The fraction of sp³-hybridized carbons (Fsp3) is 0.800. The van der Waals surface area contributed by atoms with E-state index in [9.17, 15) is 0 Å². The molecule has 2 heteroatoms. The quantitative estimate of drug-likeness (QED) is 0.675. The van der Waals surface area contributed by atoms with Crippen molar-refractivity contribution in [3.63, 3.8) is 0 Å².